The molecule has 6 heteroatoms. The topological polar surface area (TPSA) is 81.7 Å². The number of aliphatic hydroxyl groups excluding tert-OH is 1. The van der Waals surface area contributed by atoms with Crippen LogP contribution in [0, 0.1) is 0 Å². The van der Waals surface area contributed by atoms with Crippen molar-refractivity contribution in [2.24, 2.45) is 0 Å². The third-order valence-electron chi connectivity index (χ3n) is 2.09. The van der Waals surface area contributed by atoms with Crippen molar-refractivity contribution in [2.45, 2.75) is 12.5 Å². The smallest absolute Gasteiger partial charge is 0.321 e. The Morgan fingerprint density at radius 3 is 2.79 bits per heavy atom. The number of likely N-dealkylation sites (tertiary alicyclic amines) is 1. The molecule has 0 aromatic heterocycles. The number of β-amino-alcohol motifs (C(OH)–C–C–N with tert-alkyl or cyclic N) is 1. The molecule has 1 atom stereocenters. The highest BCUT2D eigenvalue weighted by Crippen LogP contribution is 2.07. The highest BCUT2D eigenvalue weighted by atomic mass is 16.3. The van der Waals surface area contributed by atoms with Gasteiger partial charge in [0.25, 0.3) is 0 Å². The zero-order valence-corrected chi connectivity index (χ0v) is 8.12. The Morgan fingerprint density at radius 1 is 1.57 bits per heavy atom. The van der Waals surface area contributed by atoms with E-state index in [2.05, 4.69) is 10.6 Å². The predicted molar refractivity (Wildman–Crippen MR) is 49.7 cm³/mol. The number of nitrogens with zero attached hydrogens (tertiary/aromatic N) is 1. The number of hydrogen-bond donors (Lipinski definition) is 3. The molecule has 0 aromatic rings. The molecule has 1 rings (SSSR count). The Kier molecular flexibility index (Phi) is 3.84. The van der Waals surface area contributed by atoms with Crippen LogP contribution in [0.25, 0.3) is 0 Å². The van der Waals surface area contributed by atoms with Crippen LogP contribution in [0.5, 0.6) is 0 Å². The van der Waals surface area contributed by atoms with Gasteiger partial charge in [-0.1, -0.05) is 0 Å². The lowest BCUT2D eigenvalue weighted by Gasteiger charge is -2.13. The fourth-order valence-corrected chi connectivity index (χ4v) is 1.39. The molecule has 80 valence electrons. The van der Waals surface area contributed by atoms with Gasteiger partial charge in [-0.05, 0) is 6.42 Å². The van der Waals surface area contributed by atoms with Gasteiger partial charge in [0.1, 0.15) is 0 Å². The minimum atomic E-state index is -0.505. The molecule has 14 heavy (non-hydrogen) atoms. The van der Waals surface area contributed by atoms with Gasteiger partial charge >= 0.3 is 6.03 Å². The molecule has 0 unspecified atom stereocenters. The lowest BCUT2D eigenvalue weighted by Crippen LogP contribution is -2.43. The summed E-state index contributed by atoms with van der Waals surface area (Å²) in [6, 6.07) is -0.505. The van der Waals surface area contributed by atoms with Crippen LogP contribution in [0.3, 0.4) is 0 Å². The normalized spacial score (nSPS) is 22.0. The predicted octanol–water partition coefficient (Wildman–Crippen LogP) is -1.49. The number of imide groups is 1. The number of nitrogens with one attached hydrogen (secondary N) is 2. The van der Waals surface area contributed by atoms with Gasteiger partial charge in [-0.3, -0.25) is 15.0 Å². The maximum Gasteiger partial charge on any atom is 0.321 e. The summed E-state index contributed by atoms with van der Waals surface area (Å²) >= 11 is 0. The zero-order chi connectivity index (χ0) is 10.6. The van der Waals surface area contributed by atoms with Crippen molar-refractivity contribution in [1.82, 2.24) is 15.5 Å². The molecule has 0 spiro atoms. The molecule has 1 heterocycles. The van der Waals surface area contributed by atoms with E-state index in [1.807, 2.05) is 4.90 Å². The quantitative estimate of drug-likeness (QED) is 0.508. The molecule has 0 radical (unpaired) electrons. The van der Waals surface area contributed by atoms with Crippen molar-refractivity contribution in [3.05, 3.63) is 0 Å². The van der Waals surface area contributed by atoms with Gasteiger partial charge in [0.05, 0.1) is 12.6 Å². The van der Waals surface area contributed by atoms with E-state index in [1.165, 1.54) is 7.05 Å². The Labute approximate surface area is 82.3 Å². The summed E-state index contributed by atoms with van der Waals surface area (Å²) in [5.41, 5.74) is 0. The number of rotatable bonds is 2. The van der Waals surface area contributed by atoms with Crippen LogP contribution in [-0.4, -0.2) is 54.7 Å². The average Bonchev–Trinajstić information content (AvgIpc) is 2.50. The second kappa shape index (κ2) is 4.92. The van der Waals surface area contributed by atoms with E-state index >= 15 is 0 Å². The van der Waals surface area contributed by atoms with Crippen molar-refractivity contribution < 1.29 is 14.7 Å². The Balaban J connectivity index is 2.23. The van der Waals surface area contributed by atoms with Gasteiger partial charge in [-0.25, -0.2) is 4.79 Å². The summed E-state index contributed by atoms with van der Waals surface area (Å²) < 4.78 is 0. The van der Waals surface area contributed by atoms with Gasteiger partial charge in [0.2, 0.25) is 5.91 Å². The van der Waals surface area contributed by atoms with Gasteiger partial charge in [0.15, 0.2) is 0 Å². The molecular weight excluding hydrogens is 186 g/mol. The van der Waals surface area contributed by atoms with Crippen molar-refractivity contribution in [1.29, 1.82) is 0 Å². The lowest BCUT2D eigenvalue weighted by atomic mass is 10.3. The molecule has 3 N–H and O–H groups in total. The number of aliphatic hydroxyl groups is 1. The number of carbonyl (C=O) groups excluding carboxylic acids is 2. The van der Waals surface area contributed by atoms with Crippen molar-refractivity contribution >= 4 is 11.9 Å². The summed E-state index contributed by atoms with van der Waals surface area (Å²) in [6.45, 7) is 1.36. The van der Waals surface area contributed by atoms with Gasteiger partial charge in [-0.15, -0.1) is 0 Å². The highest BCUT2D eigenvalue weighted by molar-refractivity contribution is 5.95. The van der Waals surface area contributed by atoms with E-state index in [0.717, 1.165) is 0 Å². The molecule has 1 saturated heterocycles. The van der Waals surface area contributed by atoms with Gasteiger partial charge < -0.3 is 10.4 Å². The molecule has 0 saturated carbocycles. The van der Waals surface area contributed by atoms with Crippen molar-refractivity contribution in [2.75, 3.05) is 26.7 Å². The van der Waals surface area contributed by atoms with E-state index in [4.69, 9.17) is 0 Å². The minimum absolute atomic E-state index is 0.157. The van der Waals surface area contributed by atoms with Crippen LogP contribution in [-0.2, 0) is 4.79 Å². The molecular formula is C8H15N3O3. The largest absolute Gasteiger partial charge is 0.392 e. The maximum atomic E-state index is 11.2. The Bertz CT molecular complexity index is 232. The number of carbonyl (C=O) groups is 2. The third-order valence-corrected chi connectivity index (χ3v) is 2.09. The fourth-order valence-electron chi connectivity index (χ4n) is 1.39. The second-order valence-electron chi connectivity index (χ2n) is 3.30. The minimum Gasteiger partial charge on any atom is -0.392 e. The Morgan fingerprint density at radius 2 is 2.29 bits per heavy atom. The van der Waals surface area contributed by atoms with Crippen molar-refractivity contribution in [3.8, 4) is 0 Å². The summed E-state index contributed by atoms with van der Waals surface area (Å²) in [4.78, 5) is 23.7. The summed E-state index contributed by atoms with van der Waals surface area (Å²) in [6.07, 6.45) is 0.343. The van der Waals surface area contributed by atoms with Crippen LogP contribution in [0.15, 0.2) is 0 Å². The van der Waals surface area contributed by atoms with E-state index in [9.17, 15) is 14.7 Å². The van der Waals surface area contributed by atoms with E-state index < -0.39 is 6.03 Å². The first kappa shape index (κ1) is 10.9. The molecule has 1 aliphatic rings. The van der Waals surface area contributed by atoms with E-state index in [-0.39, 0.29) is 18.6 Å². The SMILES string of the molecule is CNC(=O)NC(=O)CN1CC[C@@H](O)C1. The summed E-state index contributed by atoms with van der Waals surface area (Å²) in [5, 5.41) is 13.6. The molecule has 0 aliphatic carbocycles. The molecule has 1 fully saturated rings. The standard InChI is InChI=1S/C8H15N3O3/c1-9-8(14)10-7(13)5-11-3-2-6(12)4-11/h6,12H,2-5H2,1H3,(H2,9,10,13,14)/t6-/m1/s1. The first-order valence-electron chi connectivity index (χ1n) is 4.54. The van der Waals surface area contributed by atoms with Crippen LogP contribution in [0.2, 0.25) is 0 Å². The third kappa shape index (κ3) is 3.31. The first-order chi connectivity index (χ1) is 6.61. The zero-order valence-electron chi connectivity index (χ0n) is 8.12. The van der Waals surface area contributed by atoms with Gasteiger partial charge in [0, 0.05) is 20.1 Å². The monoisotopic (exact) mass is 201 g/mol. The fraction of sp³-hybridized carbons (Fsp3) is 0.750. The number of urea groups is 1. The first-order valence-corrected chi connectivity index (χ1v) is 4.54. The second-order valence-corrected chi connectivity index (χ2v) is 3.30. The van der Waals surface area contributed by atoms with Crippen LogP contribution >= 0.6 is 0 Å². The molecule has 0 bridgehead atoms. The summed E-state index contributed by atoms with van der Waals surface area (Å²) in [7, 11) is 1.45. The van der Waals surface area contributed by atoms with Crippen LogP contribution < -0.4 is 10.6 Å². The van der Waals surface area contributed by atoms with Crippen LogP contribution in [0.1, 0.15) is 6.42 Å². The number of amides is 3. The van der Waals surface area contributed by atoms with E-state index in [1.54, 1.807) is 0 Å². The molecule has 1 aliphatic heterocycles. The molecule has 3 amide bonds. The molecule has 6 nitrogen and oxygen atoms in total. The van der Waals surface area contributed by atoms with Crippen LogP contribution in [0.4, 0.5) is 4.79 Å². The lowest BCUT2D eigenvalue weighted by molar-refractivity contribution is -0.120. The average molecular weight is 201 g/mol. The van der Waals surface area contributed by atoms with E-state index in [0.29, 0.717) is 19.5 Å². The Hall–Kier alpha value is -1.14. The maximum absolute atomic E-state index is 11.2. The number of hydrogen-bond acceptors (Lipinski definition) is 4. The summed E-state index contributed by atoms with van der Waals surface area (Å²) in [5.74, 6) is -0.349. The van der Waals surface area contributed by atoms with Gasteiger partial charge in [-0.2, -0.15) is 0 Å². The van der Waals surface area contributed by atoms with Crippen molar-refractivity contribution in [3.63, 3.8) is 0 Å². The highest BCUT2D eigenvalue weighted by Gasteiger charge is 2.22. The molecule has 0 aromatic carbocycles.